The van der Waals surface area contributed by atoms with E-state index < -0.39 is 5.82 Å². The van der Waals surface area contributed by atoms with Gasteiger partial charge in [-0.15, -0.1) is 5.10 Å². The first-order valence-electron chi connectivity index (χ1n) is 11.2. The van der Waals surface area contributed by atoms with Crippen molar-refractivity contribution in [3.8, 4) is 33.8 Å². The molecule has 2 aromatic carbocycles. The lowest BCUT2D eigenvalue weighted by Crippen LogP contribution is -2.40. The van der Waals surface area contributed by atoms with Crippen molar-refractivity contribution < 1.29 is 23.4 Å². The van der Waals surface area contributed by atoms with Crippen LogP contribution in [0.2, 0.25) is 0 Å². The summed E-state index contributed by atoms with van der Waals surface area (Å²) >= 11 is 0. The highest BCUT2D eigenvalue weighted by atomic mass is 19.1. The molecule has 0 aliphatic carbocycles. The highest BCUT2D eigenvalue weighted by Gasteiger charge is 2.28. The van der Waals surface area contributed by atoms with Crippen LogP contribution >= 0.6 is 0 Å². The highest BCUT2D eigenvalue weighted by molar-refractivity contribution is 5.99. The summed E-state index contributed by atoms with van der Waals surface area (Å²) < 4.78 is 33.5. The Hall–Kier alpha value is -4.05. The van der Waals surface area contributed by atoms with Gasteiger partial charge in [-0.2, -0.15) is 5.10 Å². The van der Waals surface area contributed by atoms with Gasteiger partial charge in [-0.3, -0.25) is 4.79 Å². The number of imidazole rings is 1. The Morgan fingerprint density at radius 3 is 2.77 bits per heavy atom. The molecule has 2 aromatic heterocycles. The number of aromatic nitrogens is 4. The Kier molecular flexibility index (Phi) is 6.04. The van der Waals surface area contributed by atoms with Crippen LogP contribution in [-0.4, -0.2) is 59.6 Å². The van der Waals surface area contributed by atoms with E-state index in [9.17, 15) is 4.79 Å². The van der Waals surface area contributed by atoms with Gasteiger partial charge in [0.25, 0.3) is 5.91 Å². The molecule has 0 fully saturated rings. The Morgan fingerprint density at radius 1 is 1.14 bits per heavy atom. The number of halogens is 1. The third-order valence-corrected chi connectivity index (χ3v) is 6.06. The smallest absolute Gasteiger partial charge is 0.265 e. The fraction of sp³-hybridized carbons (Fsp3) is 0.280. The molecule has 180 valence electrons. The molecule has 0 atom stereocenters. The Bertz CT molecular complexity index is 1420. The van der Waals surface area contributed by atoms with Gasteiger partial charge >= 0.3 is 0 Å². The van der Waals surface area contributed by atoms with Crippen molar-refractivity contribution in [2.75, 3.05) is 38.9 Å². The maximum Gasteiger partial charge on any atom is 0.265 e. The molecule has 0 saturated carbocycles. The van der Waals surface area contributed by atoms with Gasteiger partial charge in [0.1, 0.15) is 22.8 Å². The Morgan fingerprint density at radius 2 is 2.00 bits per heavy atom. The second-order valence-corrected chi connectivity index (χ2v) is 8.00. The number of fused-ring (bicyclic) bond motifs is 2. The van der Waals surface area contributed by atoms with Crippen LogP contribution < -0.4 is 14.4 Å². The normalized spacial score (nSPS) is 13.1. The number of hydrogen-bond acceptors (Lipinski definition) is 7. The van der Waals surface area contributed by atoms with Crippen LogP contribution in [0.3, 0.4) is 0 Å². The number of nitrogens with zero attached hydrogens (tertiary/aromatic N) is 5. The van der Waals surface area contributed by atoms with Crippen molar-refractivity contribution in [1.82, 2.24) is 19.7 Å². The van der Waals surface area contributed by atoms with E-state index in [1.807, 2.05) is 11.5 Å². The number of aryl methyl sites for hydroxylation is 1. The second-order valence-electron chi connectivity index (χ2n) is 8.00. The fourth-order valence-corrected chi connectivity index (χ4v) is 4.25. The van der Waals surface area contributed by atoms with Crippen molar-refractivity contribution in [2.45, 2.75) is 13.5 Å². The number of anilines is 1. The zero-order chi connectivity index (χ0) is 24.5. The summed E-state index contributed by atoms with van der Waals surface area (Å²) in [6, 6.07) is 8.22. The van der Waals surface area contributed by atoms with Gasteiger partial charge in [-0.1, -0.05) is 6.07 Å². The number of hydrogen-bond donors (Lipinski definition) is 0. The second kappa shape index (κ2) is 9.30. The zero-order valence-electron chi connectivity index (χ0n) is 19.6. The number of carbonyl (C=O) groups is 1. The summed E-state index contributed by atoms with van der Waals surface area (Å²) in [5.74, 6) is 0.274. The summed E-state index contributed by atoms with van der Waals surface area (Å²) in [4.78, 5) is 18.5. The van der Waals surface area contributed by atoms with Crippen molar-refractivity contribution in [3.63, 3.8) is 0 Å². The average molecular weight is 477 g/mol. The van der Waals surface area contributed by atoms with E-state index in [2.05, 4.69) is 15.2 Å². The lowest BCUT2D eigenvalue weighted by atomic mass is 9.97. The minimum Gasteiger partial charge on any atom is -0.496 e. The molecule has 0 unspecified atom stereocenters. The lowest BCUT2D eigenvalue weighted by Gasteiger charge is -2.30. The maximum atomic E-state index is 15.2. The molecule has 3 heterocycles. The van der Waals surface area contributed by atoms with Crippen LogP contribution in [0.4, 0.5) is 10.1 Å². The Balaban J connectivity index is 1.63. The molecule has 5 rings (SSSR count). The first-order chi connectivity index (χ1) is 17.0. The molecule has 0 N–H and O–H groups in total. The molecule has 0 bridgehead atoms. The highest BCUT2D eigenvalue weighted by Crippen LogP contribution is 2.44. The molecule has 1 aliphatic rings. The number of benzene rings is 2. The van der Waals surface area contributed by atoms with Gasteiger partial charge in [0, 0.05) is 43.0 Å². The molecule has 9 nitrogen and oxygen atoms in total. The monoisotopic (exact) mass is 477 g/mol. The van der Waals surface area contributed by atoms with E-state index in [4.69, 9.17) is 14.2 Å². The summed E-state index contributed by atoms with van der Waals surface area (Å²) in [7, 11) is 3.08. The van der Waals surface area contributed by atoms with E-state index in [1.165, 1.54) is 13.2 Å². The van der Waals surface area contributed by atoms with Gasteiger partial charge in [0.2, 0.25) is 0 Å². The summed E-state index contributed by atoms with van der Waals surface area (Å²) in [6.45, 7) is 3.34. The molecule has 4 aromatic rings. The van der Waals surface area contributed by atoms with Crippen LogP contribution in [0.5, 0.6) is 11.5 Å². The van der Waals surface area contributed by atoms with Crippen molar-refractivity contribution >= 4 is 22.8 Å². The molecule has 35 heavy (non-hydrogen) atoms. The number of ether oxygens (including phenoxy) is 3. The third kappa shape index (κ3) is 3.95. The van der Waals surface area contributed by atoms with Crippen LogP contribution in [-0.2, 0) is 16.1 Å². The van der Waals surface area contributed by atoms with Gasteiger partial charge in [0.05, 0.1) is 31.9 Å². The summed E-state index contributed by atoms with van der Waals surface area (Å²) in [5.41, 5.74) is 4.22. The minimum absolute atomic E-state index is 0.105. The molecule has 0 radical (unpaired) electrons. The van der Waals surface area contributed by atoms with Gasteiger partial charge < -0.3 is 23.7 Å². The van der Waals surface area contributed by atoms with E-state index in [-0.39, 0.29) is 12.5 Å². The molecular weight excluding hydrogens is 453 g/mol. The third-order valence-electron chi connectivity index (χ3n) is 6.06. The average Bonchev–Trinajstić information content (AvgIpc) is 3.31. The predicted octanol–water partition coefficient (Wildman–Crippen LogP) is 3.70. The first-order valence-corrected chi connectivity index (χ1v) is 11.2. The number of amides is 1. The summed E-state index contributed by atoms with van der Waals surface area (Å²) in [5, 5.41) is 8.33. The van der Waals surface area contributed by atoms with E-state index in [1.54, 1.807) is 48.8 Å². The van der Waals surface area contributed by atoms with Crippen LogP contribution in [0.25, 0.3) is 33.4 Å². The standard InChI is InChI=1S/C25H24FN5O4/c1-4-30-14-27-24-18(12-28-29-25(24)30)15-5-6-19(26)16(9-15)17-10-22-20(11-21(17)34-3)31(7-8-33-2)23(32)13-35-22/h5-6,9-12,14H,4,7-8,13H2,1-3H3. The van der Waals surface area contributed by atoms with Gasteiger partial charge in [0.15, 0.2) is 12.3 Å². The quantitative estimate of drug-likeness (QED) is 0.401. The van der Waals surface area contributed by atoms with E-state index in [0.29, 0.717) is 59.2 Å². The predicted molar refractivity (Wildman–Crippen MR) is 128 cm³/mol. The molecule has 1 amide bonds. The largest absolute Gasteiger partial charge is 0.496 e. The zero-order valence-corrected chi connectivity index (χ0v) is 19.6. The van der Waals surface area contributed by atoms with Crippen molar-refractivity contribution in [1.29, 1.82) is 0 Å². The van der Waals surface area contributed by atoms with Crippen LogP contribution in [0, 0.1) is 5.82 Å². The lowest BCUT2D eigenvalue weighted by molar-refractivity contribution is -0.121. The number of methoxy groups -OCH3 is 2. The summed E-state index contributed by atoms with van der Waals surface area (Å²) in [6.07, 6.45) is 3.34. The Labute approximate surface area is 201 Å². The minimum atomic E-state index is -0.424. The molecule has 1 aliphatic heterocycles. The SMILES string of the molecule is CCn1cnc2c(-c3ccc(F)c(-c4cc5c(cc4OC)N(CCOC)C(=O)CO5)c3)cnnc21. The first kappa shape index (κ1) is 22.7. The number of carbonyl (C=O) groups excluding carboxylic acids is 1. The molecule has 0 saturated heterocycles. The molecule has 10 heteroatoms. The topological polar surface area (TPSA) is 91.6 Å². The van der Waals surface area contributed by atoms with Crippen LogP contribution in [0.1, 0.15) is 6.92 Å². The van der Waals surface area contributed by atoms with Crippen molar-refractivity contribution in [2.24, 2.45) is 0 Å². The van der Waals surface area contributed by atoms with E-state index in [0.717, 1.165) is 11.1 Å². The van der Waals surface area contributed by atoms with Gasteiger partial charge in [-0.25, -0.2) is 9.37 Å². The molecular formula is C25H24FN5O4. The fourth-order valence-electron chi connectivity index (χ4n) is 4.25. The maximum absolute atomic E-state index is 15.2. The van der Waals surface area contributed by atoms with Gasteiger partial charge in [-0.05, 0) is 30.7 Å². The number of rotatable bonds is 7. The molecule has 0 spiro atoms. The van der Waals surface area contributed by atoms with Crippen LogP contribution in [0.15, 0.2) is 42.9 Å². The van der Waals surface area contributed by atoms with E-state index >= 15 is 4.39 Å². The van der Waals surface area contributed by atoms with Crippen molar-refractivity contribution in [3.05, 3.63) is 48.7 Å².